The lowest BCUT2D eigenvalue weighted by atomic mass is 10.1. The molecular formula is C17H22O2Si. The molecule has 0 spiro atoms. The Morgan fingerprint density at radius 1 is 0.900 bits per heavy atom. The van der Waals surface area contributed by atoms with Gasteiger partial charge in [0.2, 0.25) is 0 Å². The molecule has 0 heterocycles. The number of benzene rings is 1. The molecule has 1 aromatic rings. The summed E-state index contributed by atoms with van der Waals surface area (Å²) in [4.78, 5) is 0. The molecule has 20 heavy (non-hydrogen) atoms. The Bertz CT molecular complexity index is 504. The van der Waals surface area contributed by atoms with Crippen molar-refractivity contribution in [2.45, 2.75) is 44.3 Å². The summed E-state index contributed by atoms with van der Waals surface area (Å²) >= 11 is 0. The van der Waals surface area contributed by atoms with Crippen molar-refractivity contribution in [3.05, 3.63) is 35.9 Å². The van der Waals surface area contributed by atoms with Crippen molar-refractivity contribution in [1.29, 1.82) is 0 Å². The molecular weight excluding hydrogens is 264 g/mol. The van der Waals surface area contributed by atoms with Gasteiger partial charge in [0.1, 0.15) is 11.2 Å². The van der Waals surface area contributed by atoms with E-state index < -0.39 is 16.6 Å². The molecule has 1 rings (SSSR count). The molecule has 0 radical (unpaired) electrons. The maximum absolute atomic E-state index is 6.11. The summed E-state index contributed by atoms with van der Waals surface area (Å²) in [6, 6.07) is 9.77. The summed E-state index contributed by atoms with van der Waals surface area (Å²) in [6.45, 7) is 7.37. The second-order valence-corrected chi connectivity index (χ2v) is 7.14. The molecule has 0 aliphatic carbocycles. The highest BCUT2D eigenvalue weighted by Crippen LogP contribution is 2.33. The highest BCUT2D eigenvalue weighted by Gasteiger charge is 2.38. The minimum Gasteiger partial charge on any atom is -0.332 e. The molecule has 1 aromatic carbocycles. The Labute approximate surface area is 125 Å². The zero-order valence-electron chi connectivity index (χ0n) is 12.9. The van der Waals surface area contributed by atoms with Gasteiger partial charge >= 0.3 is 0 Å². The van der Waals surface area contributed by atoms with E-state index >= 15 is 0 Å². The number of hydrogen-bond donors (Lipinski definition) is 0. The maximum Gasteiger partial charge on any atom is 0.170 e. The molecule has 0 saturated heterocycles. The molecule has 0 N–H and O–H groups in total. The number of terminal acetylenes is 2. The van der Waals surface area contributed by atoms with Crippen LogP contribution in [0.1, 0.15) is 33.3 Å². The Morgan fingerprint density at radius 2 is 1.30 bits per heavy atom. The molecule has 106 valence electrons. The minimum absolute atomic E-state index is 0.591. The fourth-order valence-corrected chi connectivity index (χ4v) is 3.27. The average molecular weight is 286 g/mol. The highest BCUT2D eigenvalue weighted by molar-refractivity contribution is 6.13. The van der Waals surface area contributed by atoms with Gasteiger partial charge in [-0.05, 0) is 27.7 Å². The van der Waals surface area contributed by atoms with E-state index in [1.165, 1.54) is 0 Å². The van der Waals surface area contributed by atoms with E-state index in [2.05, 4.69) is 11.8 Å². The van der Waals surface area contributed by atoms with Crippen molar-refractivity contribution < 1.29 is 9.47 Å². The zero-order valence-corrected chi connectivity index (χ0v) is 14.9. The predicted octanol–water partition coefficient (Wildman–Crippen LogP) is 2.02. The van der Waals surface area contributed by atoms with E-state index in [-0.39, 0.29) is 0 Å². The monoisotopic (exact) mass is 286 g/mol. The van der Waals surface area contributed by atoms with Crippen LogP contribution < -0.4 is 0 Å². The largest absolute Gasteiger partial charge is 0.332 e. The van der Waals surface area contributed by atoms with E-state index in [0.29, 0.717) is 10.2 Å². The van der Waals surface area contributed by atoms with Crippen LogP contribution in [0.2, 0.25) is 0 Å². The molecule has 0 saturated carbocycles. The van der Waals surface area contributed by atoms with Gasteiger partial charge in [0, 0.05) is 5.56 Å². The second kappa shape index (κ2) is 5.85. The lowest BCUT2D eigenvalue weighted by molar-refractivity contribution is -0.254. The molecule has 0 aromatic heterocycles. The van der Waals surface area contributed by atoms with Crippen LogP contribution in [-0.2, 0) is 14.9 Å². The van der Waals surface area contributed by atoms with Crippen LogP contribution in [0.15, 0.2) is 30.3 Å². The van der Waals surface area contributed by atoms with Crippen molar-refractivity contribution in [3.8, 4) is 24.7 Å². The third-order valence-electron chi connectivity index (χ3n) is 2.89. The molecule has 0 amide bonds. The van der Waals surface area contributed by atoms with Crippen LogP contribution >= 0.6 is 0 Å². The fraction of sp³-hybridized carbons (Fsp3) is 0.412. The second-order valence-electron chi connectivity index (χ2n) is 5.83. The molecule has 0 unspecified atom stereocenters. The van der Waals surface area contributed by atoms with Crippen LogP contribution in [0.4, 0.5) is 0 Å². The van der Waals surface area contributed by atoms with Crippen molar-refractivity contribution in [2.24, 2.45) is 0 Å². The predicted molar refractivity (Wildman–Crippen MR) is 86.1 cm³/mol. The van der Waals surface area contributed by atoms with E-state index in [1.807, 2.05) is 58.0 Å². The SMILES string of the molecule is C#CC(C)(C)OC([SiH3])(OC(C)(C)C#C)c1ccccc1. The van der Waals surface area contributed by atoms with Crippen molar-refractivity contribution in [2.75, 3.05) is 0 Å². The van der Waals surface area contributed by atoms with Crippen LogP contribution in [0.5, 0.6) is 0 Å². The van der Waals surface area contributed by atoms with Gasteiger partial charge in [0.05, 0.1) is 10.2 Å². The van der Waals surface area contributed by atoms with E-state index in [1.54, 1.807) is 0 Å². The topological polar surface area (TPSA) is 18.5 Å². The molecule has 2 nitrogen and oxygen atoms in total. The Morgan fingerprint density at radius 3 is 1.65 bits per heavy atom. The van der Waals surface area contributed by atoms with Gasteiger partial charge in [-0.1, -0.05) is 42.2 Å². The highest BCUT2D eigenvalue weighted by atomic mass is 28.1. The molecule has 0 bridgehead atoms. The first-order valence-corrected chi connectivity index (χ1v) is 7.55. The smallest absolute Gasteiger partial charge is 0.170 e. The summed E-state index contributed by atoms with van der Waals surface area (Å²) in [5, 5.41) is 0. The summed E-state index contributed by atoms with van der Waals surface area (Å²) in [5.74, 6) is 5.28. The quantitative estimate of drug-likeness (QED) is 0.468. The van der Waals surface area contributed by atoms with Crippen LogP contribution in [-0.4, -0.2) is 21.4 Å². The molecule has 0 aliphatic heterocycles. The van der Waals surface area contributed by atoms with Gasteiger partial charge < -0.3 is 9.47 Å². The molecule has 0 aliphatic rings. The molecule has 0 fully saturated rings. The normalized spacial score (nSPS) is 12.7. The third kappa shape index (κ3) is 4.25. The Kier molecular flexibility index (Phi) is 4.84. The Hall–Kier alpha value is -1.52. The van der Waals surface area contributed by atoms with E-state index in [4.69, 9.17) is 22.3 Å². The van der Waals surface area contributed by atoms with Crippen LogP contribution in [0, 0.1) is 24.7 Å². The van der Waals surface area contributed by atoms with Crippen molar-refractivity contribution in [3.63, 3.8) is 0 Å². The standard InChI is InChI=1S/C17H22O2Si/c1-7-15(3,4)18-17(20,19-16(5,6)8-2)14-12-10-9-11-13-14/h1-2,9-13H,3-6,20H3. The van der Waals surface area contributed by atoms with Gasteiger partial charge in [-0.25, -0.2) is 0 Å². The summed E-state index contributed by atoms with van der Waals surface area (Å²) in [5.41, 5.74) is -1.42. The summed E-state index contributed by atoms with van der Waals surface area (Å²) in [6.07, 6.45) is 11.1. The molecule has 3 heteroatoms. The van der Waals surface area contributed by atoms with Gasteiger partial charge in [-0.2, -0.15) is 0 Å². The van der Waals surface area contributed by atoms with E-state index in [0.717, 1.165) is 5.56 Å². The first-order valence-electron chi connectivity index (χ1n) is 6.55. The first kappa shape index (κ1) is 16.5. The summed E-state index contributed by atoms with van der Waals surface area (Å²) in [7, 11) is 0.591. The number of hydrogen-bond acceptors (Lipinski definition) is 2. The van der Waals surface area contributed by atoms with Gasteiger partial charge in [0.25, 0.3) is 0 Å². The van der Waals surface area contributed by atoms with E-state index in [9.17, 15) is 0 Å². The first-order chi connectivity index (χ1) is 9.14. The van der Waals surface area contributed by atoms with Crippen molar-refractivity contribution in [1.82, 2.24) is 0 Å². The summed E-state index contributed by atoms with van der Waals surface area (Å²) < 4.78 is 12.2. The number of rotatable bonds is 5. The Balaban J connectivity index is 3.22. The maximum atomic E-state index is 6.11. The van der Waals surface area contributed by atoms with Crippen LogP contribution in [0.3, 0.4) is 0 Å². The third-order valence-corrected chi connectivity index (χ3v) is 3.88. The van der Waals surface area contributed by atoms with Crippen LogP contribution in [0.25, 0.3) is 0 Å². The lowest BCUT2D eigenvalue weighted by Gasteiger charge is -2.40. The van der Waals surface area contributed by atoms with Gasteiger partial charge in [0.15, 0.2) is 5.41 Å². The molecule has 0 atom stereocenters. The lowest BCUT2D eigenvalue weighted by Crippen LogP contribution is -2.46. The van der Waals surface area contributed by atoms with Gasteiger partial charge in [-0.15, -0.1) is 12.8 Å². The average Bonchev–Trinajstić information content (AvgIpc) is 2.38. The van der Waals surface area contributed by atoms with Gasteiger partial charge in [-0.3, -0.25) is 0 Å². The zero-order chi connectivity index (χ0) is 15.4. The fourth-order valence-electron chi connectivity index (χ4n) is 1.91. The number of ether oxygens (including phenoxy) is 2. The minimum atomic E-state index is -0.882. The van der Waals surface area contributed by atoms with Crippen molar-refractivity contribution >= 4 is 10.2 Å².